The topological polar surface area (TPSA) is 91.9 Å². The average Bonchev–Trinajstić information content (AvgIpc) is 3.33. The molecule has 0 aliphatic carbocycles. The first-order chi connectivity index (χ1) is 12.5. The van der Waals surface area contributed by atoms with Crippen LogP contribution in [0, 0.1) is 25.2 Å². The average molecular weight is 367 g/mol. The smallest absolute Gasteiger partial charge is 0.340 e. The summed E-state index contributed by atoms with van der Waals surface area (Å²) in [6.45, 7) is 5.78. The van der Waals surface area contributed by atoms with Crippen molar-refractivity contribution < 1.29 is 13.9 Å². The fraction of sp³-hybridized carbons (Fsp3) is 0.211. The van der Waals surface area contributed by atoms with E-state index in [4.69, 9.17) is 9.15 Å². The number of rotatable bonds is 5. The molecule has 0 atom stereocenters. The molecule has 0 bridgehead atoms. The van der Waals surface area contributed by atoms with Crippen molar-refractivity contribution in [2.45, 2.75) is 20.8 Å². The number of carbonyl (C=O) groups excluding carboxylic acids is 1. The number of nitrogens with one attached hydrogen (secondary N) is 1. The number of esters is 1. The van der Waals surface area contributed by atoms with E-state index in [0.717, 1.165) is 17.0 Å². The molecule has 0 aromatic carbocycles. The number of hydrogen-bond donors (Lipinski definition) is 1. The molecule has 3 aromatic rings. The third-order valence-electron chi connectivity index (χ3n) is 3.86. The number of carbonyl (C=O) groups is 1. The molecule has 0 aliphatic heterocycles. The first-order valence-electron chi connectivity index (χ1n) is 8.03. The predicted molar refractivity (Wildman–Crippen MR) is 99.5 cm³/mol. The minimum Gasteiger partial charge on any atom is -0.465 e. The van der Waals surface area contributed by atoms with Crippen LogP contribution in [0.25, 0.3) is 23.0 Å². The maximum absolute atomic E-state index is 12.1. The molecule has 0 aliphatic rings. The molecule has 3 heterocycles. The predicted octanol–water partition coefficient (Wildman–Crippen LogP) is 4.59. The van der Waals surface area contributed by atoms with Crippen molar-refractivity contribution >= 4 is 29.0 Å². The van der Waals surface area contributed by atoms with Crippen LogP contribution in [-0.2, 0) is 4.74 Å². The van der Waals surface area contributed by atoms with E-state index < -0.39 is 0 Å². The van der Waals surface area contributed by atoms with E-state index in [9.17, 15) is 10.1 Å². The van der Waals surface area contributed by atoms with E-state index in [-0.39, 0.29) is 5.97 Å². The summed E-state index contributed by atoms with van der Waals surface area (Å²) in [4.78, 5) is 19.9. The van der Waals surface area contributed by atoms with Crippen LogP contribution in [0.5, 0.6) is 0 Å². The van der Waals surface area contributed by atoms with Crippen molar-refractivity contribution in [3.8, 4) is 17.5 Å². The van der Waals surface area contributed by atoms with Gasteiger partial charge in [0.15, 0.2) is 0 Å². The summed E-state index contributed by atoms with van der Waals surface area (Å²) in [6.07, 6.45) is 3.20. The van der Waals surface area contributed by atoms with Crippen molar-refractivity contribution in [2.75, 3.05) is 6.61 Å². The summed E-state index contributed by atoms with van der Waals surface area (Å²) in [7, 11) is 0. The van der Waals surface area contributed by atoms with E-state index in [2.05, 4.69) is 16.0 Å². The second-order valence-electron chi connectivity index (χ2n) is 5.57. The first-order valence-corrected chi connectivity index (χ1v) is 8.91. The highest BCUT2D eigenvalue weighted by Crippen LogP contribution is 2.31. The Morgan fingerprint density at radius 1 is 1.50 bits per heavy atom. The van der Waals surface area contributed by atoms with Crippen LogP contribution in [0.2, 0.25) is 0 Å². The fourth-order valence-electron chi connectivity index (χ4n) is 2.69. The largest absolute Gasteiger partial charge is 0.465 e. The number of nitriles is 1. The molecule has 0 unspecified atom stereocenters. The Kier molecular flexibility index (Phi) is 5.05. The van der Waals surface area contributed by atoms with Gasteiger partial charge in [-0.1, -0.05) is 0 Å². The zero-order chi connectivity index (χ0) is 18.7. The van der Waals surface area contributed by atoms with Gasteiger partial charge in [-0.25, -0.2) is 9.78 Å². The first kappa shape index (κ1) is 17.7. The van der Waals surface area contributed by atoms with Gasteiger partial charge in [-0.3, -0.25) is 0 Å². The molecule has 0 radical (unpaired) electrons. The SMILES string of the molecule is CCOC(=O)c1c(C)[nH]c(-c2csc(/C(C#N)=C/c3ccco3)n2)c1C. The number of ether oxygens (including phenoxy) is 1. The second-order valence-corrected chi connectivity index (χ2v) is 6.43. The lowest BCUT2D eigenvalue weighted by Gasteiger charge is -2.02. The molecule has 0 saturated heterocycles. The van der Waals surface area contributed by atoms with Gasteiger partial charge in [0.2, 0.25) is 0 Å². The Morgan fingerprint density at radius 3 is 2.96 bits per heavy atom. The highest BCUT2D eigenvalue weighted by Gasteiger charge is 2.21. The van der Waals surface area contributed by atoms with Crippen LogP contribution >= 0.6 is 11.3 Å². The van der Waals surface area contributed by atoms with Crippen LogP contribution in [0.3, 0.4) is 0 Å². The summed E-state index contributed by atoms with van der Waals surface area (Å²) in [5.74, 6) is 0.241. The van der Waals surface area contributed by atoms with Gasteiger partial charge in [0.05, 0.1) is 35.4 Å². The van der Waals surface area contributed by atoms with Crippen molar-refractivity contribution in [2.24, 2.45) is 0 Å². The molecule has 1 N–H and O–H groups in total. The lowest BCUT2D eigenvalue weighted by Crippen LogP contribution is -2.06. The summed E-state index contributed by atoms with van der Waals surface area (Å²) in [5.41, 5.74) is 3.90. The van der Waals surface area contributed by atoms with Crippen molar-refractivity contribution in [1.29, 1.82) is 5.26 Å². The van der Waals surface area contributed by atoms with Gasteiger partial charge in [-0.15, -0.1) is 11.3 Å². The zero-order valence-corrected chi connectivity index (χ0v) is 15.4. The van der Waals surface area contributed by atoms with E-state index in [1.807, 2.05) is 19.2 Å². The Balaban J connectivity index is 1.97. The molecule has 3 aromatic heterocycles. The molecule has 0 amide bonds. The second kappa shape index (κ2) is 7.42. The fourth-order valence-corrected chi connectivity index (χ4v) is 3.46. The number of aryl methyl sites for hydroxylation is 1. The van der Waals surface area contributed by atoms with Gasteiger partial charge in [-0.05, 0) is 38.5 Å². The molecular weight excluding hydrogens is 350 g/mol. The number of aromatic amines is 1. The zero-order valence-electron chi connectivity index (χ0n) is 14.6. The summed E-state index contributed by atoms with van der Waals surface area (Å²) in [6, 6.07) is 5.69. The number of H-pyrrole nitrogens is 1. The number of hydrogen-bond acceptors (Lipinski definition) is 6. The molecule has 0 saturated carbocycles. The van der Waals surface area contributed by atoms with E-state index in [0.29, 0.717) is 34.2 Å². The Bertz CT molecular complexity index is 1000. The quantitative estimate of drug-likeness (QED) is 0.526. The highest BCUT2D eigenvalue weighted by atomic mass is 32.1. The number of aromatic nitrogens is 2. The van der Waals surface area contributed by atoms with Crippen molar-refractivity contribution in [1.82, 2.24) is 9.97 Å². The lowest BCUT2D eigenvalue weighted by atomic mass is 10.1. The Hall–Kier alpha value is -3.11. The summed E-state index contributed by atoms with van der Waals surface area (Å²) >= 11 is 1.36. The van der Waals surface area contributed by atoms with Gasteiger partial charge in [0.1, 0.15) is 16.8 Å². The van der Waals surface area contributed by atoms with Crippen molar-refractivity contribution in [3.63, 3.8) is 0 Å². The maximum atomic E-state index is 12.1. The number of thiazole rings is 1. The van der Waals surface area contributed by atoms with Gasteiger partial charge < -0.3 is 14.1 Å². The monoisotopic (exact) mass is 367 g/mol. The molecule has 0 fully saturated rings. The number of allylic oxidation sites excluding steroid dienone is 1. The normalized spacial score (nSPS) is 11.4. The standard InChI is InChI=1S/C19H17N3O3S/c1-4-24-19(23)16-11(2)17(21-12(16)3)15-10-26-18(22-15)13(9-20)8-14-6-5-7-25-14/h5-8,10,21H,4H2,1-3H3/b13-8+. The van der Waals surface area contributed by atoms with E-state index in [1.54, 1.807) is 31.4 Å². The van der Waals surface area contributed by atoms with E-state index >= 15 is 0 Å². The van der Waals surface area contributed by atoms with Crippen LogP contribution in [0.15, 0.2) is 28.2 Å². The highest BCUT2D eigenvalue weighted by molar-refractivity contribution is 7.11. The minimum atomic E-state index is -0.351. The molecular formula is C19H17N3O3S. The van der Waals surface area contributed by atoms with Gasteiger partial charge >= 0.3 is 5.97 Å². The number of nitrogens with zero attached hydrogens (tertiary/aromatic N) is 2. The van der Waals surface area contributed by atoms with Crippen molar-refractivity contribution in [3.05, 3.63) is 51.4 Å². The molecule has 3 rings (SSSR count). The van der Waals surface area contributed by atoms with Crippen LogP contribution in [0.1, 0.15) is 39.3 Å². The Morgan fingerprint density at radius 2 is 2.31 bits per heavy atom. The van der Waals surface area contributed by atoms with Gasteiger partial charge in [0, 0.05) is 17.2 Å². The molecule has 7 heteroatoms. The minimum absolute atomic E-state index is 0.322. The van der Waals surface area contributed by atoms with Crippen LogP contribution in [0.4, 0.5) is 0 Å². The Labute approximate surface area is 154 Å². The summed E-state index contributed by atoms with van der Waals surface area (Å²) in [5, 5.41) is 11.9. The molecule has 26 heavy (non-hydrogen) atoms. The summed E-state index contributed by atoms with van der Waals surface area (Å²) < 4.78 is 10.4. The van der Waals surface area contributed by atoms with Gasteiger partial charge in [0.25, 0.3) is 0 Å². The lowest BCUT2D eigenvalue weighted by molar-refractivity contribution is 0.0525. The van der Waals surface area contributed by atoms with Crippen LogP contribution < -0.4 is 0 Å². The third-order valence-corrected chi connectivity index (χ3v) is 4.73. The third kappa shape index (κ3) is 3.32. The van der Waals surface area contributed by atoms with E-state index in [1.165, 1.54) is 11.3 Å². The number of furan rings is 1. The molecule has 0 spiro atoms. The maximum Gasteiger partial charge on any atom is 0.340 e. The molecule has 132 valence electrons. The van der Waals surface area contributed by atoms with Crippen LogP contribution in [-0.4, -0.2) is 22.5 Å². The molecule has 6 nitrogen and oxygen atoms in total. The van der Waals surface area contributed by atoms with Gasteiger partial charge in [-0.2, -0.15) is 5.26 Å².